The number of rotatable bonds is 12. The number of ether oxygens (including phenoxy) is 4. The molecule has 0 aromatic heterocycles. The molecule has 0 saturated carbocycles. The molecule has 0 saturated heterocycles. The number of aromatic hydroxyl groups is 2. The van der Waals surface area contributed by atoms with Crippen LogP contribution in [0.1, 0.15) is 35.1 Å². The van der Waals surface area contributed by atoms with E-state index in [4.69, 9.17) is 30.2 Å². The van der Waals surface area contributed by atoms with Crippen LogP contribution in [0.4, 0.5) is 54.8 Å². The number of methoxy groups -OCH3 is 4. The van der Waals surface area contributed by atoms with Crippen molar-refractivity contribution >= 4 is 28.4 Å². The third-order valence-electron chi connectivity index (χ3n) is 7.79. The lowest BCUT2D eigenvalue weighted by molar-refractivity contribution is 0.128. The second-order valence-corrected chi connectivity index (χ2v) is 12.9. The van der Waals surface area contributed by atoms with Gasteiger partial charge in [0.15, 0.2) is 57.5 Å². The summed E-state index contributed by atoms with van der Waals surface area (Å²) in [6, 6.07) is 27.8. The summed E-state index contributed by atoms with van der Waals surface area (Å²) in [6.07, 6.45) is 0.895. The molecule has 0 aliphatic heterocycles. The van der Waals surface area contributed by atoms with Gasteiger partial charge in [-0.1, -0.05) is 34.8 Å². The van der Waals surface area contributed by atoms with E-state index in [1.54, 1.807) is 82.0 Å². The number of nitrogen functional groups attached to an aromatic ring is 1. The van der Waals surface area contributed by atoms with E-state index in [0.29, 0.717) is 35.4 Å². The average molecular weight is 945 g/mol. The Bertz CT molecular complexity index is 2350. The van der Waals surface area contributed by atoms with Crippen molar-refractivity contribution < 1.29 is 60.3 Å². The van der Waals surface area contributed by atoms with Crippen molar-refractivity contribution in [2.75, 3.05) is 40.8 Å². The Balaban J connectivity index is 0.000000853. The summed E-state index contributed by atoms with van der Waals surface area (Å²) < 4.78 is 96.7. The highest BCUT2D eigenvalue weighted by atomic mass is 19.2. The van der Waals surface area contributed by atoms with E-state index in [-0.39, 0.29) is 26.2 Å². The molecule has 0 aliphatic carbocycles. The molecular formula is C47H54F6N6O8. The fourth-order valence-electron chi connectivity index (χ4n) is 4.36. The lowest BCUT2D eigenvalue weighted by Gasteiger charge is -2.03. The number of hydrogen-bond donors (Lipinski definition) is 3. The number of anilines is 1. The van der Waals surface area contributed by atoms with Gasteiger partial charge in [0, 0.05) is 30.0 Å². The molecule has 6 rings (SSSR count). The smallest absolute Gasteiger partial charge is 0.190 e. The summed E-state index contributed by atoms with van der Waals surface area (Å²) in [5, 5.41) is 34.8. The predicted molar refractivity (Wildman–Crippen MR) is 245 cm³/mol. The molecule has 4 N–H and O–H groups in total. The van der Waals surface area contributed by atoms with Crippen molar-refractivity contribution in [2.24, 2.45) is 31.7 Å². The first-order chi connectivity index (χ1) is 31.0. The number of hydrogen-bond acceptors (Lipinski definition) is 14. The zero-order valence-corrected chi connectivity index (χ0v) is 35.9. The van der Waals surface area contributed by atoms with Gasteiger partial charge >= 0.3 is 0 Å². The first kappa shape index (κ1) is 59.1. The van der Waals surface area contributed by atoms with E-state index in [0.717, 1.165) is 54.3 Å². The minimum Gasteiger partial charge on any atom is -0.503 e. The zero-order valence-electron chi connectivity index (χ0n) is 35.9. The van der Waals surface area contributed by atoms with Crippen LogP contribution < -0.4 is 24.7 Å². The lowest BCUT2D eigenvalue weighted by Crippen LogP contribution is -1.93. The molecule has 0 unspecified atom stereocenters. The molecule has 0 bridgehead atoms. The van der Waals surface area contributed by atoms with E-state index in [9.17, 15) is 31.2 Å². The van der Waals surface area contributed by atoms with Crippen molar-refractivity contribution in [1.82, 2.24) is 0 Å². The quantitative estimate of drug-likeness (QED) is 0.0267. The highest BCUT2D eigenvalue weighted by Crippen LogP contribution is 2.29. The molecule has 0 radical (unpaired) electrons. The molecule has 6 aromatic rings. The Morgan fingerprint density at radius 2 is 0.851 bits per heavy atom. The maximum absolute atomic E-state index is 13.5. The van der Waals surface area contributed by atoms with E-state index in [2.05, 4.69) is 49.2 Å². The molecule has 0 aliphatic rings. The summed E-state index contributed by atoms with van der Waals surface area (Å²) in [6.45, 7) is 4.57. The second kappa shape index (κ2) is 31.9. The SMILES string of the molecule is C.C.CC(C)CCON=O.COc1ccc(N)cc1.COc1ccc(N=Nc2cc(F)c(O)c(F)c2)cc1.COc1ccc(N=Nc2cc(F)c(OC)c(F)c2)cc1.Oc1c(F)cccc1F. The van der Waals surface area contributed by atoms with Gasteiger partial charge in [-0.3, -0.25) is 0 Å². The molecule has 14 nitrogen and oxygen atoms in total. The van der Waals surface area contributed by atoms with Crippen LogP contribution in [0, 0.1) is 45.7 Å². The highest BCUT2D eigenvalue weighted by molar-refractivity contribution is 5.47. The van der Waals surface area contributed by atoms with E-state index >= 15 is 0 Å². The van der Waals surface area contributed by atoms with Gasteiger partial charge in [-0.25, -0.2) is 26.3 Å². The molecule has 0 heterocycles. The van der Waals surface area contributed by atoms with E-state index in [1.165, 1.54) is 13.2 Å². The average Bonchev–Trinajstić information content (AvgIpc) is 3.30. The Morgan fingerprint density at radius 1 is 0.507 bits per heavy atom. The van der Waals surface area contributed by atoms with Gasteiger partial charge in [0.25, 0.3) is 0 Å². The van der Waals surface area contributed by atoms with Crippen molar-refractivity contribution in [2.45, 2.75) is 35.1 Å². The van der Waals surface area contributed by atoms with Crippen LogP contribution in [0.5, 0.6) is 34.5 Å². The van der Waals surface area contributed by atoms with Crippen molar-refractivity contribution in [3.8, 4) is 34.5 Å². The van der Waals surface area contributed by atoms with Crippen molar-refractivity contribution in [1.29, 1.82) is 0 Å². The minimum absolute atomic E-state index is 0. The molecule has 362 valence electrons. The Kier molecular flexibility index (Phi) is 28.1. The summed E-state index contributed by atoms with van der Waals surface area (Å²) in [5.74, 6) is -5.29. The van der Waals surface area contributed by atoms with Gasteiger partial charge in [-0.15, -0.1) is 4.91 Å². The van der Waals surface area contributed by atoms with Crippen LogP contribution in [-0.2, 0) is 4.84 Å². The predicted octanol–water partition coefficient (Wildman–Crippen LogP) is 14.4. The van der Waals surface area contributed by atoms with Crippen molar-refractivity contribution in [3.05, 3.63) is 155 Å². The van der Waals surface area contributed by atoms with Crippen LogP contribution in [0.2, 0.25) is 0 Å². The van der Waals surface area contributed by atoms with Crippen LogP contribution in [0.3, 0.4) is 0 Å². The molecule has 6 aromatic carbocycles. The minimum atomic E-state index is -1.08. The van der Waals surface area contributed by atoms with Gasteiger partial charge in [-0.05, 0) is 97.3 Å². The first-order valence-electron chi connectivity index (χ1n) is 18.8. The number of halogens is 6. The molecule has 0 spiro atoms. The second-order valence-electron chi connectivity index (χ2n) is 12.9. The van der Waals surface area contributed by atoms with Crippen LogP contribution >= 0.6 is 0 Å². The topological polar surface area (TPSA) is 192 Å². The molecule has 0 amide bonds. The number of phenolic OH excluding ortho intramolecular Hbond substituents is 2. The lowest BCUT2D eigenvalue weighted by atomic mass is 10.1. The molecule has 0 fully saturated rings. The summed E-state index contributed by atoms with van der Waals surface area (Å²) in [4.78, 5) is 13.5. The summed E-state index contributed by atoms with van der Waals surface area (Å²) in [5.41, 5.74) is 7.28. The Labute approximate surface area is 385 Å². The number of nitrogens with zero attached hydrogens (tertiary/aromatic N) is 5. The maximum atomic E-state index is 13.5. The number of nitrogens with two attached hydrogens (primary N) is 1. The van der Waals surface area contributed by atoms with Crippen LogP contribution in [0.15, 0.2) is 141 Å². The van der Waals surface area contributed by atoms with Gasteiger partial charge in [0.2, 0.25) is 0 Å². The van der Waals surface area contributed by atoms with Crippen LogP contribution in [-0.4, -0.2) is 45.3 Å². The Morgan fingerprint density at radius 3 is 1.18 bits per heavy atom. The van der Waals surface area contributed by atoms with Crippen molar-refractivity contribution in [3.63, 3.8) is 0 Å². The Hall–Kier alpha value is -7.90. The number of benzene rings is 6. The molecule has 67 heavy (non-hydrogen) atoms. The molecule has 0 atom stereocenters. The number of azo groups is 2. The highest BCUT2D eigenvalue weighted by Gasteiger charge is 2.12. The number of phenols is 2. The standard InChI is InChI=1S/C14H12F2N2O2.C13H10F2N2O2.C7H9NO.C6H4F2O.C5H11NO2.2CH4/c1-19-11-5-3-9(4-6-11)17-18-10-7-12(15)14(20-2)13(16)8-10;1-19-10-4-2-8(3-5-10)16-17-9-6-11(14)13(18)12(15)7-9;1-9-7-4-2-6(8)3-5-7;7-4-2-1-3-5(8)6(4)9;1-5(2)3-4-8-6-7;;/h3-8H,1-2H3;2-7,18H,1H3;2-5H,8H2,1H3;1-3,9H;5H,3-4H2,1-2H3;2*1H4. The fourth-order valence-corrected chi connectivity index (χ4v) is 4.36. The largest absolute Gasteiger partial charge is 0.503 e. The van der Waals surface area contributed by atoms with E-state index in [1.807, 2.05) is 12.1 Å². The van der Waals surface area contributed by atoms with Crippen LogP contribution in [0.25, 0.3) is 0 Å². The monoisotopic (exact) mass is 944 g/mol. The van der Waals surface area contributed by atoms with Gasteiger partial charge < -0.3 is 39.7 Å². The van der Waals surface area contributed by atoms with E-state index < -0.39 is 52.2 Å². The van der Waals surface area contributed by atoms with Gasteiger partial charge in [-0.2, -0.15) is 20.5 Å². The molecule has 20 heteroatoms. The normalized spacial score (nSPS) is 9.93. The van der Waals surface area contributed by atoms with Gasteiger partial charge in [0.05, 0.1) is 51.2 Å². The summed E-state index contributed by atoms with van der Waals surface area (Å²) >= 11 is 0. The fraction of sp³-hybridized carbons (Fsp3) is 0.234. The maximum Gasteiger partial charge on any atom is 0.190 e. The summed E-state index contributed by atoms with van der Waals surface area (Å²) in [7, 11) is 5.92. The third-order valence-corrected chi connectivity index (χ3v) is 7.79. The third kappa shape index (κ3) is 22.0. The molecular weight excluding hydrogens is 891 g/mol. The van der Waals surface area contributed by atoms with Gasteiger partial charge in [0.1, 0.15) is 23.9 Å². The zero-order chi connectivity index (χ0) is 48.3. The first-order valence-corrected chi connectivity index (χ1v) is 18.8. The number of para-hydroxylation sites is 1.